The Morgan fingerprint density at radius 2 is 1.88 bits per heavy atom. The number of benzene rings is 2. The van der Waals surface area contributed by atoms with Crippen LogP contribution in [-0.4, -0.2) is 36.9 Å². The van der Waals surface area contributed by atoms with Gasteiger partial charge in [-0.05, 0) is 50.1 Å². The van der Waals surface area contributed by atoms with Crippen LogP contribution in [0.15, 0.2) is 68.9 Å². The van der Waals surface area contributed by atoms with Gasteiger partial charge in [0.25, 0.3) is 5.91 Å². The van der Waals surface area contributed by atoms with Crippen LogP contribution >= 0.6 is 11.8 Å². The van der Waals surface area contributed by atoms with Gasteiger partial charge in [-0.15, -0.1) is 11.8 Å². The van der Waals surface area contributed by atoms with Crippen molar-refractivity contribution in [3.63, 3.8) is 0 Å². The highest BCUT2D eigenvalue weighted by molar-refractivity contribution is 7.98. The first-order chi connectivity index (χ1) is 15.4. The highest BCUT2D eigenvalue weighted by atomic mass is 32.2. The van der Waals surface area contributed by atoms with E-state index in [0.29, 0.717) is 30.1 Å². The highest BCUT2D eigenvalue weighted by Gasteiger charge is 2.26. The summed E-state index contributed by atoms with van der Waals surface area (Å²) in [4.78, 5) is 14.0. The van der Waals surface area contributed by atoms with E-state index in [9.17, 15) is 13.2 Å². The van der Waals surface area contributed by atoms with E-state index in [1.807, 2.05) is 25.1 Å². The Morgan fingerprint density at radius 3 is 2.62 bits per heavy atom. The lowest BCUT2D eigenvalue weighted by Gasteiger charge is -2.26. The summed E-state index contributed by atoms with van der Waals surface area (Å²) in [5, 5.41) is 6.73. The van der Waals surface area contributed by atoms with Crippen LogP contribution < -0.4 is 5.32 Å². The van der Waals surface area contributed by atoms with Gasteiger partial charge in [0.15, 0.2) is 0 Å². The predicted octanol–water partition coefficient (Wildman–Crippen LogP) is 4.70. The van der Waals surface area contributed by atoms with E-state index in [1.165, 1.54) is 22.1 Å². The maximum Gasteiger partial charge on any atom is 0.256 e. The van der Waals surface area contributed by atoms with Gasteiger partial charge >= 0.3 is 0 Å². The second-order valence-electron chi connectivity index (χ2n) is 7.67. The maximum atomic E-state index is 13.0. The minimum absolute atomic E-state index is 0.195. The summed E-state index contributed by atoms with van der Waals surface area (Å²) in [5.41, 5.74) is 1.77. The summed E-state index contributed by atoms with van der Waals surface area (Å²) >= 11 is 1.48. The second kappa shape index (κ2) is 9.89. The number of amides is 1. The molecule has 0 saturated carbocycles. The van der Waals surface area contributed by atoms with Gasteiger partial charge in [0.2, 0.25) is 10.0 Å². The minimum Gasteiger partial charge on any atom is -0.360 e. The number of nitrogens with one attached hydrogen (secondary N) is 1. The molecule has 9 heteroatoms. The van der Waals surface area contributed by atoms with Crippen LogP contribution in [0.5, 0.6) is 0 Å². The summed E-state index contributed by atoms with van der Waals surface area (Å²) in [6.07, 6.45) is 2.80. The lowest BCUT2D eigenvalue weighted by atomic mass is 10.2. The van der Waals surface area contributed by atoms with E-state index in [4.69, 9.17) is 4.52 Å². The lowest BCUT2D eigenvalue weighted by Crippen LogP contribution is -2.35. The fourth-order valence-electron chi connectivity index (χ4n) is 3.60. The fourth-order valence-corrected chi connectivity index (χ4v) is 6.09. The van der Waals surface area contributed by atoms with Crippen LogP contribution in [-0.2, 0) is 15.8 Å². The molecule has 0 unspecified atom stereocenters. The molecule has 0 aliphatic carbocycles. The first-order valence-electron chi connectivity index (χ1n) is 10.5. The van der Waals surface area contributed by atoms with Crippen molar-refractivity contribution < 1.29 is 17.7 Å². The van der Waals surface area contributed by atoms with Gasteiger partial charge in [-0.2, -0.15) is 4.31 Å². The minimum atomic E-state index is -3.57. The first kappa shape index (κ1) is 22.6. The maximum absolute atomic E-state index is 13.0. The molecule has 1 aliphatic heterocycles. The van der Waals surface area contributed by atoms with Gasteiger partial charge in [-0.3, -0.25) is 4.79 Å². The molecule has 2 heterocycles. The molecule has 168 valence electrons. The van der Waals surface area contributed by atoms with Crippen molar-refractivity contribution in [2.45, 2.75) is 41.7 Å². The Morgan fingerprint density at radius 1 is 1.09 bits per heavy atom. The number of rotatable bonds is 7. The van der Waals surface area contributed by atoms with E-state index >= 15 is 0 Å². The van der Waals surface area contributed by atoms with Crippen LogP contribution in [0.3, 0.4) is 0 Å². The van der Waals surface area contributed by atoms with Crippen LogP contribution in [0.4, 0.5) is 5.69 Å². The van der Waals surface area contributed by atoms with E-state index in [2.05, 4.69) is 10.5 Å². The molecule has 2 aromatic carbocycles. The smallest absolute Gasteiger partial charge is 0.256 e. The van der Waals surface area contributed by atoms with Crippen molar-refractivity contribution in [1.82, 2.24) is 9.46 Å². The number of sulfonamides is 1. The molecule has 0 bridgehead atoms. The average Bonchev–Trinajstić information content (AvgIpc) is 3.23. The molecule has 1 amide bonds. The molecular weight excluding hydrogens is 446 g/mol. The SMILES string of the molecule is Cc1cc(CSc2ccccc2C(=O)Nc2cccc(S(=O)(=O)N3CCCCC3)c2)on1. The van der Waals surface area contributed by atoms with Crippen molar-refractivity contribution in [2.75, 3.05) is 18.4 Å². The van der Waals surface area contributed by atoms with Crippen molar-refractivity contribution in [3.8, 4) is 0 Å². The molecule has 32 heavy (non-hydrogen) atoms. The van der Waals surface area contributed by atoms with E-state index in [-0.39, 0.29) is 10.8 Å². The summed E-state index contributed by atoms with van der Waals surface area (Å²) in [7, 11) is -3.57. The Kier molecular flexibility index (Phi) is 6.98. The van der Waals surface area contributed by atoms with Crippen LogP contribution in [0.1, 0.15) is 41.1 Å². The molecule has 3 aromatic rings. The van der Waals surface area contributed by atoms with E-state index in [1.54, 1.807) is 30.3 Å². The van der Waals surface area contributed by atoms with Crippen molar-refractivity contribution in [3.05, 3.63) is 71.6 Å². The van der Waals surface area contributed by atoms with Gasteiger partial charge in [0.05, 0.1) is 21.9 Å². The number of carbonyl (C=O) groups is 1. The second-order valence-corrected chi connectivity index (χ2v) is 10.6. The van der Waals surface area contributed by atoms with Gasteiger partial charge in [-0.25, -0.2) is 8.42 Å². The van der Waals surface area contributed by atoms with E-state index in [0.717, 1.165) is 35.6 Å². The number of carbonyl (C=O) groups excluding carboxylic acids is 1. The number of hydrogen-bond donors (Lipinski definition) is 1. The lowest BCUT2D eigenvalue weighted by molar-refractivity contribution is 0.102. The van der Waals surface area contributed by atoms with Gasteiger partial charge < -0.3 is 9.84 Å². The summed E-state index contributed by atoms with van der Waals surface area (Å²) < 4.78 is 32.7. The number of hydrogen-bond acceptors (Lipinski definition) is 6. The number of nitrogens with zero attached hydrogens (tertiary/aromatic N) is 2. The Labute approximate surface area is 192 Å². The average molecular weight is 472 g/mol. The number of thioether (sulfide) groups is 1. The Hall–Kier alpha value is -2.62. The molecule has 1 aliphatic rings. The molecule has 1 saturated heterocycles. The Bertz CT molecular complexity index is 1200. The van der Waals surface area contributed by atoms with Crippen LogP contribution in [0.2, 0.25) is 0 Å². The van der Waals surface area contributed by atoms with Gasteiger partial charge in [0.1, 0.15) is 5.76 Å². The largest absolute Gasteiger partial charge is 0.360 e. The predicted molar refractivity (Wildman–Crippen MR) is 124 cm³/mol. The first-order valence-corrected chi connectivity index (χ1v) is 12.9. The third-order valence-electron chi connectivity index (χ3n) is 5.22. The quantitative estimate of drug-likeness (QED) is 0.502. The topological polar surface area (TPSA) is 92.5 Å². The van der Waals surface area contributed by atoms with Gasteiger partial charge in [0, 0.05) is 29.7 Å². The molecule has 1 fully saturated rings. The van der Waals surface area contributed by atoms with Gasteiger partial charge in [-0.1, -0.05) is 29.8 Å². The third-order valence-corrected chi connectivity index (χ3v) is 8.21. The highest BCUT2D eigenvalue weighted by Crippen LogP contribution is 2.28. The molecule has 7 nitrogen and oxygen atoms in total. The van der Waals surface area contributed by atoms with Crippen LogP contribution in [0, 0.1) is 6.92 Å². The molecule has 0 spiro atoms. The fraction of sp³-hybridized carbons (Fsp3) is 0.304. The van der Waals surface area contributed by atoms with Crippen molar-refractivity contribution >= 4 is 33.4 Å². The monoisotopic (exact) mass is 471 g/mol. The third kappa shape index (κ3) is 5.23. The summed E-state index contributed by atoms with van der Waals surface area (Å²) in [6, 6.07) is 15.6. The molecule has 1 N–H and O–H groups in total. The zero-order valence-corrected chi connectivity index (χ0v) is 19.4. The summed E-state index contributed by atoms with van der Waals surface area (Å²) in [6.45, 7) is 2.93. The van der Waals surface area contributed by atoms with Crippen molar-refractivity contribution in [2.24, 2.45) is 0 Å². The molecule has 0 radical (unpaired) electrons. The van der Waals surface area contributed by atoms with Crippen LogP contribution in [0.25, 0.3) is 0 Å². The van der Waals surface area contributed by atoms with Crippen molar-refractivity contribution in [1.29, 1.82) is 0 Å². The zero-order valence-electron chi connectivity index (χ0n) is 17.8. The molecule has 4 rings (SSSR count). The number of piperidine rings is 1. The number of aryl methyl sites for hydroxylation is 1. The zero-order chi connectivity index (χ0) is 22.6. The summed E-state index contributed by atoms with van der Waals surface area (Å²) in [5.74, 6) is 0.988. The molecule has 1 aromatic heterocycles. The Balaban J connectivity index is 1.49. The number of anilines is 1. The molecule has 0 atom stereocenters. The number of aromatic nitrogens is 1. The van der Waals surface area contributed by atoms with E-state index < -0.39 is 10.0 Å². The standard InChI is InChI=1S/C23H25N3O4S2/c1-17-14-19(30-25-17)16-31-22-11-4-3-10-21(22)23(27)24-18-8-7-9-20(15-18)32(28,29)26-12-5-2-6-13-26/h3-4,7-11,14-15H,2,5-6,12-13,16H2,1H3,(H,24,27). The normalized spacial score (nSPS) is 14.9. The molecular formula is C23H25N3O4S2.